The molecule has 1 aliphatic carbocycles. The standard InChI is InChI=1S/C28H38N6O2/c1-19-14-20(2)24-21(15-19)16-23(27(35)29-24)25(26-30-31-32-34(26)17-22-8-6-13-36-22)33-12-7-11-28(18-33)9-4-3-5-10-28/h14-16,22,25H,3-13,17-18H2,1-2H3,(H,29,35)/t22-,25-/m1/s1. The van der Waals surface area contributed by atoms with Gasteiger partial charge in [-0.05, 0) is 97.8 Å². The molecule has 1 N–H and O–H groups in total. The van der Waals surface area contributed by atoms with E-state index in [4.69, 9.17) is 4.74 Å². The third-order valence-corrected chi connectivity index (χ3v) is 8.79. The maximum Gasteiger partial charge on any atom is 0.253 e. The normalized spacial score (nSPS) is 23.4. The number of H-pyrrole nitrogens is 1. The van der Waals surface area contributed by atoms with Gasteiger partial charge in [-0.3, -0.25) is 9.69 Å². The van der Waals surface area contributed by atoms with Gasteiger partial charge >= 0.3 is 0 Å². The molecule has 2 saturated heterocycles. The summed E-state index contributed by atoms with van der Waals surface area (Å²) < 4.78 is 7.81. The zero-order chi connectivity index (χ0) is 24.7. The number of fused-ring (bicyclic) bond motifs is 1. The SMILES string of the molecule is Cc1cc(C)c2[nH]c(=O)c([C@H](c3nnnn3C[C@H]3CCCO3)N3CCCC4(CCCCC4)C3)cc2c1. The fourth-order valence-electron chi connectivity index (χ4n) is 7.10. The highest BCUT2D eigenvalue weighted by atomic mass is 16.5. The summed E-state index contributed by atoms with van der Waals surface area (Å²) >= 11 is 0. The summed E-state index contributed by atoms with van der Waals surface area (Å²) in [4.78, 5) is 19.4. The van der Waals surface area contributed by atoms with Gasteiger partial charge < -0.3 is 9.72 Å². The molecule has 1 saturated carbocycles. The lowest BCUT2D eigenvalue weighted by Gasteiger charge is -2.47. The Morgan fingerprint density at radius 1 is 1.11 bits per heavy atom. The van der Waals surface area contributed by atoms with Crippen LogP contribution in [0.3, 0.4) is 0 Å². The van der Waals surface area contributed by atoms with Gasteiger partial charge in [0.1, 0.15) is 6.04 Å². The van der Waals surface area contributed by atoms with E-state index < -0.39 is 0 Å². The number of piperidine rings is 1. The maximum absolute atomic E-state index is 13.7. The molecule has 0 amide bonds. The number of rotatable bonds is 5. The molecule has 0 bridgehead atoms. The molecular formula is C28H38N6O2. The minimum absolute atomic E-state index is 0.0469. The number of tetrazole rings is 1. The molecule has 1 aromatic carbocycles. The quantitative estimate of drug-likeness (QED) is 0.569. The van der Waals surface area contributed by atoms with Gasteiger partial charge in [0.05, 0.1) is 18.2 Å². The Labute approximate surface area is 212 Å². The van der Waals surface area contributed by atoms with Crippen LogP contribution in [0.5, 0.6) is 0 Å². The highest BCUT2D eigenvalue weighted by molar-refractivity contribution is 5.83. The van der Waals surface area contributed by atoms with Gasteiger partial charge in [0.2, 0.25) is 0 Å². The monoisotopic (exact) mass is 490 g/mol. The number of aromatic nitrogens is 5. The van der Waals surface area contributed by atoms with Crippen LogP contribution in [0.25, 0.3) is 10.9 Å². The fraction of sp³-hybridized carbons (Fsp3) is 0.643. The summed E-state index contributed by atoms with van der Waals surface area (Å²) in [5, 5.41) is 14.1. The Morgan fingerprint density at radius 3 is 2.75 bits per heavy atom. The van der Waals surface area contributed by atoms with Crippen LogP contribution < -0.4 is 5.56 Å². The highest BCUT2D eigenvalue weighted by Gasteiger charge is 2.41. The lowest BCUT2D eigenvalue weighted by molar-refractivity contribution is 0.0326. The third kappa shape index (κ3) is 4.50. The maximum atomic E-state index is 13.7. The van der Waals surface area contributed by atoms with Gasteiger partial charge in [0.15, 0.2) is 5.82 Å². The van der Waals surface area contributed by atoms with Gasteiger partial charge in [0, 0.05) is 18.7 Å². The van der Waals surface area contributed by atoms with E-state index in [1.54, 1.807) is 0 Å². The van der Waals surface area contributed by atoms with Gasteiger partial charge in [-0.1, -0.05) is 30.9 Å². The molecule has 36 heavy (non-hydrogen) atoms. The summed E-state index contributed by atoms with van der Waals surface area (Å²) in [6.07, 6.45) is 11.2. The first-order chi connectivity index (χ1) is 17.5. The predicted octanol–water partition coefficient (Wildman–Crippen LogP) is 4.45. The van der Waals surface area contributed by atoms with Crippen molar-refractivity contribution in [3.8, 4) is 0 Å². The second kappa shape index (κ2) is 9.71. The summed E-state index contributed by atoms with van der Waals surface area (Å²) in [5.41, 5.74) is 4.23. The minimum Gasteiger partial charge on any atom is -0.376 e. The Kier molecular flexibility index (Phi) is 6.42. The smallest absolute Gasteiger partial charge is 0.253 e. The molecule has 8 heteroatoms. The first-order valence-corrected chi connectivity index (χ1v) is 13.8. The first kappa shape index (κ1) is 23.8. The van der Waals surface area contributed by atoms with Crippen LogP contribution in [0.1, 0.15) is 86.3 Å². The number of aromatic amines is 1. The third-order valence-electron chi connectivity index (χ3n) is 8.79. The molecule has 192 valence electrons. The molecule has 2 aromatic heterocycles. The van der Waals surface area contributed by atoms with E-state index in [1.165, 1.54) is 44.1 Å². The molecule has 4 heterocycles. The van der Waals surface area contributed by atoms with Crippen LogP contribution in [0.2, 0.25) is 0 Å². The second-order valence-electron chi connectivity index (χ2n) is 11.5. The molecule has 3 aromatic rings. The number of pyridine rings is 1. The lowest BCUT2D eigenvalue weighted by atomic mass is 9.69. The Morgan fingerprint density at radius 2 is 1.94 bits per heavy atom. The van der Waals surface area contributed by atoms with Crippen molar-refractivity contribution >= 4 is 10.9 Å². The molecule has 1 spiro atoms. The van der Waals surface area contributed by atoms with Crippen molar-refractivity contribution in [3.05, 3.63) is 51.1 Å². The van der Waals surface area contributed by atoms with Crippen LogP contribution in [-0.4, -0.2) is 55.9 Å². The van der Waals surface area contributed by atoms with Crippen molar-refractivity contribution < 1.29 is 4.74 Å². The summed E-state index contributed by atoms with van der Waals surface area (Å²) in [6.45, 7) is 7.53. The molecule has 2 aliphatic heterocycles. The summed E-state index contributed by atoms with van der Waals surface area (Å²) in [5.74, 6) is 0.757. The van der Waals surface area contributed by atoms with Crippen LogP contribution in [0.15, 0.2) is 23.0 Å². The van der Waals surface area contributed by atoms with E-state index >= 15 is 0 Å². The van der Waals surface area contributed by atoms with Crippen molar-refractivity contribution in [2.24, 2.45) is 5.41 Å². The lowest BCUT2D eigenvalue weighted by Crippen LogP contribution is -2.47. The largest absolute Gasteiger partial charge is 0.376 e. The second-order valence-corrected chi connectivity index (χ2v) is 11.5. The van der Waals surface area contributed by atoms with Crippen molar-refractivity contribution in [2.75, 3.05) is 19.7 Å². The molecule has 2 atom stereocenters. The number of likely N-dealkylation sites (tertiary alicyclic amines) is 1. The zero-order valence-corrected chi connectivity index (χ0v) is 21.6. The number of hydrogen-bond donors (Lipinski definition) is 1. The Bertz CT molecular complexity index is 1280. The van der Waals surface area contributed by atoms with Crippen molar-refractivity contribution in [2.45, 2.75) is 90.3 Å². The number of aryl methyl sites for hydroxylation is 2. The number of ether oxygens (including phenoxy) is 1. The predicted molar refractivity (Wildman–Crippen MR) is 139 cm³/mol. The van der Waals surface area contributed by atoms with Gasteiger partial charge in [-0.25, -0.2) is 4.68 Å². The topological polar surface area (TPSA) is 88.9 Å². The van der Waals surface area contributed by atoms with Crippen molar-refractivity contribution in [1.29, 1.82) is 0 Å². The van der Waals surface area contributed by atoms with Crippen molar-refractivity contribution in [3.63, 3.8) is 0 Å². The van der Waals surface area contributed by atoms with Crippen molar-refractivity contribution in [1.82, 2.24) is 30.1 Å². The number of nitrogens with zero attached hydrogens (tertiary/aromatic N) is 5. The Balaban J connectivity index is 1.45. The van der Waals surface area contributed by atoms with E-state index in [9.17, 15) is 4.79 Å². The minimum atomic E-state index is -0.283. The summed E-state index contributed by atoms with van der Waals surface area (Å²) in [7, 11) is 0. The van der Waals surface area contributed by atoms with E-state index in [0.29, 0.717) is 12.0 Å². The number of benzene rings is 1. The Hall–Kier alpha value is -2.58. The first-order valence-electron chi connectivity index (χ1n) is 13.8. The molecule has 8 nitrogen and oxygen atoms in total. The van der Waals surface area contributed by atoms with Gasteiger partial charge in [-0.15, -0.1) is 5.10 Å². The molecule has 3 aliphatic rings. The highest BCUT2D eigenvalue weighted by Crippen LogP contribution is 2.45. The molecular weight excluding hydrogens is 452 g/mol. The summed E-state index contributed by atoms with van der Waals surface area (Å²) in [6, 6.07) is 6.09. The van der Waals surface area contributed by atoms with Crippen LogP contribution in [0.4, 0.5) is 0 Å². The average molecular weight is 491 g/mol. The molecule has 3 fully saturated rings. The van der Waals surface area contributed by atoms with Gasteiger partial charge in [0.25, 0.3) is 5.56 Å². The van der Waals surface area contributed by atoms with E-state index in [2.05, 4.69) is 57.5 Å². The van der Waals surface area contributed by atoms with Gasteiger partial charge in [-0.2, -0.15) is 0 Å². The van der Waals surface area contributed by atoms with Crippen LogP contribution in [0, 0.1) is 19.3 Å². The molecule has 0 unspecified atom stereocenters. The average Bonchev–Trinajstić information content (AvgIpc) is 3.54. The molecule has 0 radical (unpaired) electrons. The van der Waals surface area contributed by atoms with Crippen LogP contribution in [-0.2, 0) is 11.3 Å². The van der Waals surface area contributed by atoms with E-state index in [-0.39, 0.29) is 17.7 Å². The number of nitrogens with one attached hydrogen (secondary N) is 1. The zero-order valence-electron chi connectivity index (χ0n) is 21.6. The van der Waals surface area contributed by atoms with E-state index in [0.717, 1.165) is 66.8 Å². The van der Waals surface area contributed by atoms with Crippen LogP contribution >= 0.6 is 0 Å². The van der Waals surface area contributed by atoms with E-state index in [1.807, 2.05) is 4.68 Å². The fourth-order valence-corrected chi connectivity index (χ4v) is 7.10. The molecule has 6 rings (SSSR count). The number of hydrogen-bond acceptors (Lipinski definition) is 6.